The second-order valence-electron chi connectivity index (χ2n) is 10.0. The van der Waals surface area contributed by atoms with Crippen molar-refractivity contribution in [3.8, 4) is 17.2 Å². The van der Waals surface area contributed by atoms with Gasteiger partial charge < -0.3 is 15.4 Å². The van der Waals surface area contributed by atoms with Crippen molar-refractivity contribution in [3.05, 3.63) is 89.4 Å². The normalized spacial score (nSPS) is 11.1. The molecule has 2 aromatic carbocycles. The Balaban J connectivity index is 1.50. The molecule has 2 aromatic heterocycles. The van der Waals surface area contributed by atoms with Crippen molar-refractivity contribution in [2.75, 3.05) is 17.7 Å². The maximum atomic E-state index is 13.0. The summed E-state index contributed by atoms with van der Waals surface area (Å²) >= 11 is 0. The Morgan fingerprint density at radius 1 is 0.921 bits per heavy atom. The molecule has 0 saturated carbocycles. The summed E-state index contributed by atoms with van der Waals surface area (Å²) in [7, 11) is 1.54. The van der Waals surface area contributed by atoms with E-state index in [4.69, 9.17) is 9.84 Å². The summed E-state index contributed by atoms with van der Waals surface area (Å²) in [5.41, 5.74) is 4.34. The first-order valence-electron chi connectivity index (χ1n) is 12.3. The summed E-state index contributed by atoms with van der Waals surface area (Å²) < 4.78 is 7.65. The van der Waals surface area contributed by atoms with Gasteiger partial charge in [-0.1, -0.05) is 32.9 Å². The minimum Gasteiger partial charge on any atom is -0.457 e. The van der Waals surface area contributed by atoms with Crippen molar-refractivity contribution in [2.45, 2.75) is 40.0 Å². The Morgan fingerprint density at radius 3 is 2.37 bits per heavy atom. The van der Waals surface area contributed by atoms with Crippen LogP contribution in [0.15, 0.2) is 66.9 Å². The van der Waals surface area contributed by atoms with Gasteiger partial charge in [-0.15, -0.1) is 0 Å². The Bertz CT molecular complexity index is 1490. The molecule has 0 fully saturated rings. The molecule has 0 aliphatic rings. The third-order valence-corrected chi connectivity index (χ3v) is 5.84. The van der Waals surface area contributed by atoms with Gasteiger partial charge in [-0.05, 0) is 61.4 Å². The molecule has 0 bridgehead atoms. The van der Waals surface area contributed by atoms with Crippen molar-refractivity contribution in [3.63, 3.8) is 0 Å². The first kappa shape index (κ1) is 26.4. The summed E-state index contributed by atoms with van der Waals surface area (Å²) in [5, 5.41) is 13.2. The number of nitrogens with one attached hydrogen (secondary N) is 3. The lowest BCUT2D eigenvalue weighted by atomic mass is 9.92. The zero-order valence-corrected chi connectivity index (χ0v) is 22.4. The summed E-state index contributed by atoms with van der Waals surface area (Å²) in [5.74, 6) is 1.32. The van der Waals surface area contributed by atoms with Gasteiger partial charge in [-0.2, -0.15) is 5.10 Å². The van der Waals surface area contributed by atoms with E-state index in [2.05, 4.69) is 41.7 Å². The molecule has 0 aliphatic heterocycles. The van der Waals surface area contributed by atoms with Crippen LogP contribution in [0, 0.1) is 13.8 Å². The van der Waals surface area contributed by atoms with Crippen LogP contribution in [-0.4, -0.2) is 33.8 Å². The third kappa shape index (κ3) is 6.18. The second kappa shape index (κ2) is 10.8. The van der Waals surface area contributed by atoms with Gasteiger partial charge in [-0.3, -0.25) is 15.1 Å². The monoisotopic (exact) mass is 512 g/mol. The third-order valence-electron chi connectivity index (χ3n) is 5.84. The van der Waals surface area contributed by atoms with Crippen molar-refractivity contribution in [1.29, 1.82) is 0 Å². The van der Waals surface area contributed by atoms with Crippen molar-refractivity contribution in [2.24, 2.45) is 0 Å². The second-order valence-corrected chi connectivity index (χ2v) is 10.0. The van der Waals surface area contributed by atoms with Gasteiger partial charge in [0.05, 0.1) is 11.4 Å². The Morgan fingerprint density at radius 2 is 1.68 bits per heavy atom. The average Bonchev–Trinajstić information content (AvgIpc) is 3.30. The molecule has 0 saturated heterocycles. The van der Waals surface area contributed by atoms with Crippen molar-refractivity contribution >= 4 is 23.4 Å². The largest absolute Gasteiger partial charge is 0.457 e. The van der Waals surface area contributed by atoms with Crippen LogP contribution in [0.5, 0.6) is 11.5 Å². The van der Waals surface area contributed by atoms with E-state index in [0.717, 1.165) is 22.5 Å². The first-order chi connectivity index (χ1) is 18.0. The molecule has 0 radical (unpaired) electrons. The number of pyridine rings is 1. The number of carbonyl (C=O) groups excluding carboxylic acids is 2. The van der Waals surface area contributed by atoms with E-state index in [1.54, 1.807) is 36.0 Å². The maximum absolute atomic E-state index is 13.0. The SMILES string of the molecule is CNC(=O)c1cc(Oc2ccc(NC(=O)Nc3cc(C(C)(C)C)nn3-c3cccc(C)c3)c(C)c2)ccn1. The number of aromatic nitrogens is 3. The van der Waals surface area contributed by atoms with Crippen LogP contribution in [0.3, 0.4) is 0 Å². The Hall–Kier alpha value is -4.66. The van der Waals surface area contributed by atoms with Crippen molar-refractivity contribution in [1.82, 2.24) is 20.1 Å². The smallest absolute Gasteiger partial charge is 0.324 e. The average molecular weight is 513 g/mol. The van der Waals surface area contributed by atoms with E-state index in [1.807, 2.05) is 50.2 Å². The van der Waals surface area contributed by atoms with Gasteiger partial charge in [0.2, 0.25) is 0 Å². The lowest BCUT2D eigenvalue weighted by Gasteiger charge is -2.14. The van der Waals surface area contributed by atoms with Gasteiger partial charge in [0.1, 0.15) is 23.0 Å². The maximum Gasteiger partial charge on any atom is 0.324 e. The molecule has 9 nitrogen and oxygen atoms in total. The zero-order chi connectivity index (χ0) is 27.4. The van der Waals surface area contributed by atoms with Crippen LogP contribution in [0.4, 0.5) is 16.3 Å². The summed E-state index contributed by atoms with van der Waals surface area (Å²) in [4.78, 5) is 28.9. The minimum atomic E-state index is -0.389. The predicted octanol–water partition coefficient (Wildman–Crippen LogP) is 5.98. The quantitative estimate of drug-likeness (QED) is 0.294. The molecule has 3 N–H and O–H groups in total. The topological polar surface area (TPSA) is 110 Å². The van der Waals surface area contributed by atoms with Crippen LogP contribution < -0.4 is 20.7 Å². The number of anilines is 2. The van der Waals surface area contributed by atoms with Gasteiger partial charge in [0, 0.05) is 36.5 Å². The van der Waals surface area contributed by atoms with E-state index in [1.165, 1.54) is 6.20 Å². The molecule has 4 rings (SSSR count). The first-order valence-corrected chi connectivity index (χ1v) is 12.3. The number of nitrogens with zero attached hydrogens (tertiary/aromatic N) is 3. The molecule has 3 amide bonds. The number of urea groups is 1. The molecular weight excluding hydrogens is 480 g/mol. The number of amides is 3. The number of hydrogen-bond acceptors (Lipinski definition) is 5. The summed E-state index contributed by atoms with van der Waals surface area (Å²) in [6, 6.07) is 18.0. The van der Waals surface area contributed by atoms with E-state index >= 15 is 0 Å². The molecule has 0 aliphatic carbocycles. The van der Waals surface area contributed by atoms with Crippen LogP contribution in [0.2, 0.25) is 0 Å². The molecule has 0 atom stereocenters. The van der Waals surface area contributed by atoms with Gasteiger partial charge in [-0.25, -0.2) is 9.48 Å². The molecule has 38 heavy (non-hydrogen) atoms. The highest BCUT2D eigenvalue weighted by atomic mass is 16.5. The predicted molar refractivity (Wildman–Crippen MR) is 149 cm³/mol. The van der Waals surface area contributed by atoms with E-state index in [9.17, 15) is 9.59 Å². The molecular formula is C29H32N6O3. The number of carbonyl (C=O) groups is 2. The highest BCUT2D eigenvalue weighted by Crippen LogP contribution is 2.28. The number of ether oxygens (including phenoxy) is 1. The fraction of sp³-hybridized carbons (Fsp3) is 0.241. The standard InChI is InChI=1S/C29H32N6O3/c1-18-8-7-9-20(14-18)35-26(17-25(34-35)29(3,4)5)33-28(37)32-23-11-10-21(15-19(23)2)38-22-12-13-31-24(16-22)27(36)30-6/h7-17H,1-6H3,(H,30,36)(H2,32,33,37). The van der Waals surface area contributed by atoms with Crippen molar-refractivity contribution < 1.29 is 14.3 Å². The molecule has 196 valence electrons. The Kier molecular flexibility index (Phi) is 7.47. The highest BCUT2D eigenvalue weighted by Gasteiger charge is 2.22. The number of aryl methyl sites for hydroxylation is 2. The lowest BCUT2D eigenvalue weighted by Crippen LogP contribution is -2.21. The number of rotatable bonds is 6. The minimum absolute atomic E-state index is 0.190. The fourth-order valence-electron chi connectivity index (χ4n) is 3.77. The summed E-state index contributed by atoms with van der Waals surface area (Å²) in [6.45, 7) is 10.1. The number of benzene rings is 2. The van der Waals surface area contributed by atoms with E-state index in [-0.39, 0.29) is 23.0 Å². The molecule has 9 heteroatoms. The molecule has 0 unspecified atom stereocenters. The van der Waals surface area contributed by atoms with E-state index in [0.29, 0.717) is 23.0 Å². The summed E-state index contributed by atoms with van der Waals surface area (Å²) in [6.07, 6.45) is 1.51. The molecule has 4 aromatic rings. The molecule has 2 heterocycles. The van der Waals surface area contributed by atoms with Gasteiger partial charge in [0.15, 0.2) is 0 Å². The van der Waals surface area contributed by atoms with Crippen LogP contribution in [0.1, 0.15) is 48.1 Å². The number of hydrogen-bond donors (Lipinski definition) is 3. The Labute approximate surface area is 222 Å². The van der Waals surface area contributed by atoms with Gasteiger partial charge >= 0.3 is 6.03 Å². The van der Waals surface area contributed by atoms with Gasteiger partial charge in [0.25, 0.3) is 5.91 Å². The van der Waals surface area contributed by atoms with Crippen LogP contribution in [0.25, 0.3) is 5.69 Å². The van der Waals surface area contributed by atoms with E-state index < -0.39 is 0 Å². The zero-order valence-electron chi connectivity index (χ0n) is 22.4. The van der Waals surface area contributed by atoms with Crippen LogP contribution >= 0.6 is 0 Å². The van der Waals surface area contributed by atoms with Crippen LogP contribution in [-0.2, 0) is 5.41 Å². The fourth-order valence-corrected chi connectivity index (χ4v) is 3.77. The highest BCUT2D eigenvalue weighted by molar-refractivity contribution is 6.00. The lowest BCUT2D eigenvalue weighted by molar-refractivity contribution is 0.0957. The molecule has 0 spiro atoms.